The molecule has 2 aromatic rings. The minimum Gasteiger partial charge on any atom is -0.493 e. The van der Waals surface area contributed by atoms with Gasteiger partial charge in [0, 0.05) is 11.8 Å². The van der Waals surface area contributed by atoms with Gasteiger partial charge in [0.05, 0.1) is 25.5 Å². The summed E-state index contributed by atoms with van der Waals surface area (Å²) >= 11 is 1.62. The average molecular weight is 281 g/mol. The summed E-state index contributed by atoms with van der Waals surface area (Å²) in [7, 11) is 3.12. The molecule has 0 saturated heterocycles. The van der Waals surface area contributed by atoms with Crippen LogP contribution in [0.5, 0.6) is 11.5 Å². The third-order valence-corrected chi connectivity index (χ3v) is 3.07. The maximum absolute atomic E-state index is 5.97. The molecule has 0 aliphatic heterocycles. The molecule has 6 nitrogen and oxygen atoms in total. The molecule has 0 aliphatic rings. The lowest BCUT2D eigenvalue weighted by Gasteiger charge is -2.10. The van der Waals surface area contributed by atoms with Crippen LogP contribution in [0.25, 0.3) is 11.5 Å². The maximum atomic E-state index is 5.97. The number of hydrogen-bond donors (Lipinski definition) is 1. The summed E-state index contributed by atoms with van der Waals surface area (Å²) in [6, 6.07) is 3.40. The summed E-state index contributed by atoms with van der Waals surface area (Å²) in [6.07, 6.45) is 1.97. The van der Waals surface area contributed by atoms with E-state index in [0.29, 0.717) is 40.2 Å². The molecule has 0 fully saturated rings. The monoisotopic (exact) mass is 281 g/mol. The standard InChI is InChI=1S/C12H15N3O3S/c1-16-9-4-7(8(13)5-10(9)17-2)12-14-11(6-19-3)15-18-12/h4-5H,6,13H2,1-3H3. The highest BCUT2D eigenvalue weighted by atomic mass is 32.2. The number of methoxy groups -OCH3 is 2. The fourth-order valence-corrected chi connectivity index (χ4v) is 2.01. The minimum absolute atomic E-state index is 0.377. The van der Waals surface area contributed by atoms with Gasteiger partial charge in [-0.1, -0.05) is 5.16 Å². The van der Waals surface area contributed by atoms with E-state index in [1.54, 1.807) is 38.1 Å². The average Bonchev–Trinajstić information content (AvgIpc) is 2.87. The van der Waals surface area contributed by atoms with Crippen molar-refractivity contribution >= 4 is 17.4 Å². The molecule has 0 unspecified atom stereocenters. The molecular weight excluding hydrogens is 266 g/mol. The predicted molar refractivity (Wildman–Crippen MR) is 74.5 cm³/mol. The maximum Gasteiger partial charge on any atom is 0.260 e. The van der Waals surface area contributed by atoms with Crippen molar-refractivity contribution in [3.8, 4) is 23.0 Å². The van der Waals surface area contributed by atoms with Crippen LogP contribution >= 0.6 is 11.8 Å². The molecule has 1 aromatic heterocycles. The molecule has 0 aliphatic carbocycles. The van der Waals surface area contributed by atoms with Crippen molar-refractivity contribution in [1.29, 1.82) is 0 Å². The predicted octanol–water partition coefficient (Wildman–Crippen LogP) is 2.20. The number of benzene rings is 1. The van der Waals surface area contributed by atoms with E-state index < -0.39 is 0 Å². The normalized spacial score (nSPS) is 10.5. The Morgan fingerprint density at radius 3 is 2.58 bits per heavy atom. The van der Waals surface area contributed by atoms with Crippen molar-refractivity contribution in [2.45, 2.75) is 5.75 Å². The summed E-state index contributed by atoms with van der Waals surface area (Å²) in [5.41, 5.74) is 7.10. The lowest BCUT2D eigenvalue weighted by molar-refractivity contribution is 0.355. The summed E-state index contributed by atoms with van der Waals surface area (Å²) < 4.78 is 15.6. The van der Waals surface area contributed by atoms with Gasteiger partial charge in [0.25, 0.3) is 5.89 Å². The largest absolute Gasteiger partial charge is 0.493 e. The third-order valence-electron chi connectivity index (χ3n) is 2.53. The number of thioether (sulfide) groups is 1. The van der Waals surface area contributed by atoms with Crippen LogP contribution in [0.1, 0.15) is 5.82 Å². The van der Waals surface area contributed by atoms with Crippen LogP contribution in [0.4, 0.5) is 5.69 Å². The molecular formula is C12H15N3O3S. The van der Waals surface area contributed by atoms with Crippen LogP contribution in [-0.4, -0.2) is 30.6 Å². The second-order valence-electron chi connectivity index (χ2n) is 3.74. The fraction of sp³-hybridized carbons (Fsp3) is 0.333. The zero-order valence-corrected chi connectivity index (χ0v) is 11.8. The molecule has 2 N–H and O–H groups in total. The number of nitrogens with zero attached hydrogens (tertiary/aromatic N) is 2. The van der Waals surface area contributed by atoms with Crippen molar-refractivity contribution in [2.75, 3.05) is 26.2 Å². The number of nitrogen functional groups attached to an aromatic ring is 1. The van der Waals surface area contributed by atoms with Gasteiger partial charge < -0.3 is 19.7 Å². The SMILES string of the molecule is COc1cc(N)c(-c2nc(CSC)no2)cc1OC. The Labute approximate surface area is 115 Å². The molecule has 1 heterocycles. The zero-order valence-electron chi connectivity index (χ0n) is 11.0. The Hall–Kier alpha value is -1.89. The Kier molecular flexibility index (Phi) is 4.16. The number of anilines is 1. The molecule has 0 bridgehead atoms. The van der Waals surface area contributed by atoms with Crippen LogP contribution < -0.4 is 15.2 Å². The number of nitrogens with two attached hydrogens (primary N) is 1. The van der Waals surface area contributed by atoms with E-state index in [1.165, 1.54) is 0 Å². The van der Waals surface area contributed by atoms with Crippen molar-refractivity contribution in [2.24, 2.45) is 0 Å². The zero-order chi connectivity index (χ0) is 13.8. The van der Waals surface area contributed by atoms with Crippen LogP contribution in [0.3, 0.4) is 0 Å². The van der Waals surface area contributed by atoms with Crippen LogP contribution in [0.15, 0.2) is 16.7 Å². The topological polar surface area (TPSA) is 83.4 Å². The van der Waals surface area contributed by atoms with Gasteiger partial charge in [-0.15, -0.1) is 0 Å². The second kappa shape index (κ2) is 5.83. The smallest absolute Gasteiger partial charge is 0.260 e. The molecule has 0 radical (unpaired) electrons. The van der Waals surface area contributed by atoms with E-state index in [2.05, 4.69) is 10.1 Å². The third kappa shape index (κ3) is 2.76. The molecule has 19 heavy (non-hydrogen) atoms. The molecule has 102 valence electrons. The van der Waals surface area contributed by atoms with Gasteiger partial charge in [-0.2, -0.15) is 16.7 Å². The summed E-state index contributed by atoms with van der Waals surface area (Å²) in [5, 5.41) is 3.89. The Morgan fingerprint density at radius 1 is 1.26 bits per heavy atom. The van der Waals surface area contributed by atoms with Gasteiger partial charge in [-0.3, -0.25) is 0 Å². The van der Waals surface area contributed by atoms with E-state index in [1.807, 2.05) is 6.26 Å². The Bertz CT molecular complexity index is 571. The van der Waals surface area contributed by atoms with Gasteiger partial charge in [0.1, 0.15) is 0 Å². The Balaban J connectivity index is 2.42. The molecule has 2 rings (SSSR count). The first kappa shape index (κ1) is 13.5. The number of ether oxygens (including phenoxy) is 2. The van der Waals surface area contributed by atoms with Gasteiger partial charge >= 0.3 is 0 Å². The summed E-state index contributed by atoms with van der Waals surface area (Å²) in [6.45, 7) is 0. The highest BCUT2D eigenvalue weighted by molar-refractivity contribution is 7.97. The summed E-state index contributed by atoms with van der Waals surface area (Å²) in [4.78, 5) is 4.29. The second-order valence-corrected chi connectivity index (χ2v) is 4.61. The van der Waals surface area contributed by atoms with E-state index >= 15 is 0 Å². The van der Waals surface area contributed by atoms with E-state index in [-0.39, 0.29) is 0 Å². The number of rotatable bonds is 5. The molecule has 1 aromatic carbocycles. The van der Waals surface area contributed by atoms with Crippen LogP contribution in [0, 0.1) is 0 Å². The van der Waals surface area contributed by atoms with E-state index in [0.717, 1.165) is 0 Å². The molecule has 0 amide bonds. The first-order chi connectivity index (χ1) is 9.19. The van der Waals surface area contributed by atoms with Gasteiger partial charge in [-0.25, -0.2) is 0 Å². The van der Waals surface area contributed by atoms with E-state index in [9.17, 15) is 0 Å². The van der Waals surface area contributed by atoms with Gasteiger partial charge in [0.2, 0.25) is 0 Å². The van der Waals surface area contributed by atoms with Crippen molar-refractivity contribution < 1.29 is 14.0 Å². The Morgan fingerprint density at radius 2 is 1.95 bits per heavy atom. The van der Waals surface area contributed by atoms with Crippen molar-refractivity contribution in [1.82, 2.24) is 10.1 Å². The van der Waals surface area contributed by atoms with E-state index in [4.69, 9.17) is 19.7 Å². The molecule has 0 atom stereocenters. The molecule has 0 spiro atoms. The van der Waals surface area contributed by atoms with Crippen LogP contribution in [-0.2, 0) is 5.75 Å². The summed E-state index contributed by atoms with van der Waals surface area (Å²) in [5.74, 6) is 2.83. The van der Waals surface area contributed by atoms with Crippen molar-refractivity contribution in [3.05, 3.63) is 18.0 Å². The molecule has 7 heteroatoms. The molecule has 0 saturated carbocycles. The minimum atomic E-state index is 0.377. The van der Waals surface area contributed by atoms with Gasteiger partial charge in [-0.05, 0) is 12.3 Å². The van der Waals surface area contributed by atoms with Crippen molar-refractivity contribution in [3.63, 3.8) is 0 Å². The lowest BCUT2D eigenvalue weighted by atomic mass is 10.1. The number of aromatic nitrogens is 2. The first-order valence-electron chi connectivity index (χ1n) is 5.53. The number of hydrogen-bond acceptors (Lipinski definition) is 7. The fourth-order valence-electron chi connectivity index (χ4n) is 1.63. The van der Waals surface area contributed by atoms with Gasteiger partial charge in [0.15, 0.2) is 17.3 Å². The highest BCUT2D eigenvalue weighted by Gasteiger charge is 2.16. The lowest BCUT2D eigenvalue weighted by Crippen LogP contribution is -1.96. The highest BCUT2D eigenvalue weighted by Crippen LogP contribution is 2.36. The first-order valence-corrected chi connectivity index (χ1v) is 6.92. The quantitative estimate of drug-likeness (QED) is 0.841. The van der Waals surface area contributed by atoms with Crippen LogP contribution in [0.2, 0.25) is 0 Å².